The molecule has 2 saturated heterocycles. The number of esters is 5. The summed E-state index contributed by atoms with van der Waals surface area (Å²) < 4.78 is 40.0. The van der Waals surface area contributed by atoms with Gasteiger partial charge in [0.2, 0.25) is 5.79 Å². The molecule has 2 rings (SSSR count). The summed E-state index contributed by atoms with van der Waals surface area (Å²) in [6, 6.07) is 0. The first kappa shape index (κ1) is 39.8. The normalized spacial score (nSPS) is 37.2. The van der Waals surface area contributed by atoms with Crippen molar-refractivity contribution >= 4 is 29.8 Å². The van der Waals surface area contributed by atoms with Crippen LogP contribution in [-0.2, 0) is 61.9 Å². The maximum Gasteiger partial charge on any atom is 0.413 e. The minimum atomic E-state index is -4.89. The molecule has 48 heavy (non-hydrogen) atoms. The second-order valence-corrected chi connectivity index (χ2v) is 9.47. The Morgan fingerprint density at radius 1 is 0.625 bits per heavy atom. The molecule has 0 radical (unpaired) electrons. The fourth-order valence-electron chi connectivity index (χ4n) is 4.35. The standard InChI is InChI=1S/C27H32O21/c1-6-15(31)42-23(13-30)24(38,43-16(32)7-2)25(39,44-17(33)8-3)26(40,45-18(34)9-4)27(48-23,46-19(35)10-5)47-22(12-29)21(37)20(36)14(11-28)41-22/h6-10,14,20-21,28-30,36-40H,1-5,11-13H2/t14-,20-,21+,22?,23-,24+,25-,26+,27+/m1/s1. The second kappa shape index (κ2) is 14.4. The molecule has 0 spiro atoms. The highest BCUT2D eigenvalue weighted by Crippen LogP contribution is 2.58. The highest BCUT2D eigenvalue weighted by molar-refractivity contribution is 5.85. The van der Waals surface area contributed by atoms with Crippen LogP contribution in [0.3, 0.4) is 0 Å². The molecule has 0 aromatic rings. The Morgan fingerprint density at radius 2 is 1.04 bits per heavy atom. The van der Waals surface area contributed by atoms with Crippen molar-refractivity contribution in [3.8, 4) is 0 Å². The quantitative estimate of drug-likeness (QED) is 0.0344. The molecule has 2 fully saturated rings. The van der Waals surface area contributed by atoms with Crippen LogP contribution in [0.4, 0.5) is 0 Å². The predicted octanol–water partition coefficient (Wildman–Crippen LogP) is -5.11. The third-order valence-corrected chi connectivity index (χ3v) is 6.65. The van der Waals surface area contributed by atoms with Crippen molar-refractivity contribution in [1.82, 2.24) is 0 Å². The summed E-state index contributed by atoms with van der Waals surface area (Å²) in [5, 5.41) is 88.1. The molecule has 0 aliphatic carbocycles. The van der Waals surface area contributed by atoms with E-state index in [-0.39, 0.29) is 24.3 Å². The molecule has 2 aliphatic heterocycles. The van der Waals surface area contributed by atoms with Crippen LogP contribution >= 0.6 is 0 Å². The lowest BCUT2D eigenvalue weighted by Gasteiger charge is -2.61. The molecule has 2 aliphatic rings. The lowest BCUT2D eigenvalue weighted by atomic mass is 9.83. The molecule has 21 heteroatoms. The summed E-state index contributed by atoms with van der Waals surface area (Å²) in [5.74, 6) is -35.8. The molecular weight excluding hydrogens is 660 g/mol. The lowest BCUT2D eigenvalue weighted by molar-refractivity contribution is -0.647. The summed E-state index contributed by atoms with van der Waals surface area (Å²) >= 11 is 0. The van der Waals surface area contributed by atoms with Gasteiger partial charge in [0.25, 0.3) is 0 Å². The van der Waals surface area contributed by atoms with Gasteiger partial charge in [0, 0.05) is 30.4 Å². The van der Waals surface area contributed by atoms with E-state index in [2.05, 4.69) is 32.9 Å². The second-order valence-electron chi connectivity index (χ2n) is 9.47. The van der Waals surface area contributed by atoms with E-state index >= 15 is 0 Å². The Kier molecular flexibility index (Phi) is 11.9. The third-order valence-electron chi connectivity index (χ3n) is 6.65. The Labute approximate surface area is 269 Å². The van der Waals surface area contributed by atoms with Gasteiger partial charge in [0.05, 0.1) is 6.61 Å². The van der Waals surface area contributed by atoms with E-state index in [1.807, 2.05) is 0 Å². The molecule has 21 nitrogen and oxygen atoms in total. The average molecular weight is 693 g/mol. The molecule has 8 N–H and O–H groups in total. The van der Waals surface area contributed by atoms with Gasteiger partial charge in [-0.25, -0.2) is 24.0 Å². The van der Waals surface area contributed by atoms with Gasteiger partial charge in [-0.15, -0.1) is 0 Å². The number of rotatable bonds is 15. The van der Waals surface area contributed by atoms with Gasteiger partial charge in [-0.3, -0.25) is 9.47 Å². The van der Waals surface area contributed by atoms with Crippen molar-refractivity contribution in [3.63, 3.8) is 0 Å². The van der Waals surface area contributed by atoms with Gasteiger partial charge in [-0.05, 0) is 0 Å². The monoisotopic (exact) mass is 692 g/mol. The highest BCUT2D eigenvalue weighted by Gasteiger charge is 2.94. The van der Waals surface area contributed by atoms with Gasteiger partial charge < -0.3 is 69.3 Å². The first-order chi connectivity index (χ1) is 22.3. The molecule has 2 heterocycles. The Bertz CT molecular complexity index is 1360. The van der Waals surface area contributed by atoms with Gasteiger partial charge in [0.1, 0.15) is 31.5 Å². The van der Waals surface area contributed by atoms with Gasteiger partial charge in [0.15, 0.2) is 0 Å². The van der Waals surface area contributed by atoms with E-state index in [4.69, 9.17) is 37.9 Å². The molecule has 0 amide bonds. The molecule has 0 aromatic heterocycles. The zero-order chi connectivity index (χ0) is 36.9. The summed E-state index contributed by atoms with van der Waals surface area (Å²) in [4.78, 5) is 63.4. The third kappa shape index (κ3) is 6.15. The van der Waals surface area contributed by atoms with Crippen LogP contribution < -0.4 is 0 Å². The number of hydrogen-bond acceptors (Lipinski definition) is 21. The largest absolute Gasteiger partial charge is 0.419 e. The molecule has 9 atom stereocenters. The Balaban J connectivity index is 3.34. The Hall–Kier alpha value is -4.39. The minimum absolute atomic E-state index is 0.203. The van der Waals surface area contributed by atoms with Crippen LogP contribution in [0.5, 0.6) is 0 Å². The average Bonchev–Trinajstić information content (AvgIpc) is 3.30. The zero-order valence-electron chi connectivity index (χ0n) is 24.7. The van der Waals surface area contributed by atoms with E-state index < -0.39 is 103 Å². The van der Waals surface area contributed by atoms with Crippen LogP contribution in [-0.4, -0.2) is 144 Å². The number of hydrogen-bond donors (Lipinski definition) is 8. The van der Waals surface area contributed by atoms with Crippen LogP contribution in [0.1, 0.15) is 0 Å². The topological polar surface area (TPSA) is 321 Å². The minimum Gasteiger partial charge on any atom is -0.419 e. The number of aliphatic hydroxyl groups is 8. The van der Waals surface area contributed by atoms with E-state index in [9.17, 15) is 64.8 Å². The number of aliphatic hydroxyl groups excluding tert-OH is 5. The first-order valence-electron chi connectivity index (χ1n) is 13.0. The van der Waals surface area contributed by atoms with Crippen molar-refractivity contribution in [2.24, 2.45) is 0 Å². The molecule has 0 saturated carbocycles. The van der Waals surface area contributed by atoms with E-state index in [1.165, 1.54) is 0 Å². The zero-order valence-corrected chi connectivity index (χ0v) is 24.7. The maximum absolute atomic E-state index is 12.8. The molecule has 0 aromatic carbocycles. The van der Waals surface area contributed by atoms with Gasteiger partial charge >= 0.3 is 59.0 Å². The highest BCUT2D eigenvalue weighted by atomic mass is 17.0. The summed E-state index contributed by atoms with van der Waals surface area (Å²) in [5.41, 5.74) is 0. The lowest BCUT2D eigenvalue weighted by Crippen LogP contribution is -2.92. The number of carbonyl (C=O) groups is 5. The fraction of sp³-hybridized carbons (Fsp3) is 0.444. The van der Waals surface area contributed by atoms with E-state index in [0.717, 1.165) is 0 Å². The maximum atomic E-state index is 12.8. The smallest absolute Gasteiger partial charge is 0.413 e. The van der Waals surface area contributed by atoms with Crippen molar-refractivity contribution in [2.45, 2.75) is 53.2 Å². The predicted molar refractivity (Wildman–Crippen MR) is 145 cm³/mol. The number of carbonyl (C=O) groups excluding carboxylic acids is 5. The van der Waals surface area contributed by atoms with Gasteiger partial charge in [-0.1, -0.05) is 32.9 Å². The van der Waals surface area contributed by atoms with Crippen LogP contribution in [0.15, 0.2) is 63.3 Å². The summed E-state index contributed by atoms with van der Waals surface area (Å²) in [6.45, 7) is 10.2. The molecule has 0 bridgehead atoms. The van der Waals surface area contributed by atoms with Crippen LogP contribution in [0.2, 0.25) is 0 Å². The molecule has 266 valence electrons. The van der Waals surface area contributed by atoms with Gasteiger partial charge in [-0.2, -0.15) is 0 Å². The van der Waals surface area contributed by atoms with Crippen LogP contribution in [0.25, 0.3) is 0 Å². The summed E-state index contributed by atoms with van der Waals surface area (Å²) in [6.07, 6.45) is -5.51. The van der Waals surface area contributed by atoms with Crippen molar-refractivity contribution < 1.29 is 103 Å². The van der Waals surface area contributed by atoms with Crippen molar-refractivity contribution in [3.05, 3.63) is 63.3 Å². The molecular formula is C27H32O21. The van der Waals surface area contributed by atoms with E-state index in [1.54, 1.807) is 0 Å². The molecule has 1 unspecified atom stereocenters. The van der Waals surface area contributed by atoms with Crippen LogP contribution in [0, 0.1) is 0 Å². The summed E-state index contributed by atoms with van der Waals surface area (Å²) in [7, 11) is 0. The Morgan fingerprint density at radius 3 is 1.44 bits per heavy atom. The SMILES string of the molecule is C=CC(=O)O[C@]1(CO)O[C@@](OC(=O)C=C)(OC2(CO)O[C@H](CO)[C@@H](O)[C@@H]2O)[C@@](O)(OC(=O)C=C)[C@](O)(OC(=O)C=C)[C@@]1(O)OC(=O)C=C. The number of ether oxygens (including phenoxy) is 8. The van der Waals surface area contributed by atoms with Crippen molar-refractivity contribution in [2.75, 3.05) is 19.8 Å². The van der Waals surface area contributed by atoms with Crippen molar-refractivity contribution in [1.29, 1.82) is 0 Å². The van der Waals surface area contributed by atoms with E-state index in [0.29, 0.717) is 6.08 Å². The fourth-order valence-corrected chi connectivity index (χ4v) is 4.35. The first-order valence-corrected chi connectivity index (χ1v) is 13.0.